The van der Waals surface area contributed by atoms with Gasteiger partial charge < -0.3 is 14.0 Å². The summed E-state index contributed by atoms with van der Waals surface area (Å²) in [6, 6.07) is 19.7. The van der Waals surface area contributed by atoms with E-state index in [1.165, 1.54) is 0 Å². The fraction of sp³-hybridized carbons (Fsp3) is 0.150. The van der Waals surface area contributed by atoms with E-state index in [-0.39, 0.29) is 0 Å². The van der Waals surface area contributed by atoms with E-state index in [9.17, 15) is 0 Å². The van der Waals surface area contributed by atoms with Crippen LogP contribution < -0.4 is 9.47 Å². The topological polar surface area (TPSA) is 35.8 Å². The fourth-order valence-corrected chi connectivity index (χ4v) is 2.45. The van der Waals surface area contributed by atoms with Crippen LogP contribution in [0.2, 0.25) is 0 Å². The summed E-state index contributed by atoms with van der Waals surface area (Å²) >= 11 is 0. The molecule has 0 radical (unpaired) electrons. The molecule has 0 spiro atoms. The number of benzene rings is 2. The number of hydrogen-bond donors (Lipinski definition) is 0. The highest BCUT2D eigenvalue weighted by atomic mass is 16.5. The maximum atomic E-state index is 5.61. The zero-order valence-corrected chi connectivity index (χ0v) is 13.8. The van der Waals surface area contributed by atoms with Crippen LogP contribution in [0.3, 0.4) is 0 Å². The molecule has 122 valence electrons. The van der Waals surface area contributed by atoms with Gasteiger partial charge in [-0.25, -0.2) is 0 Å². The lowest BCUT2D eigenvalue weighted by atomic mass is 10.3. The van der Waals surface area contributed by atoms with Crippen molar-refractivity contribution in [1.82, 2.24) is 4.57 Å². The van der Waals surface area contributed by atoms with E-state index in [2.05, 4.69) is 9.56 Å². The second kappa shape index (κ2) is 7.51. The summed E-state index contributed by atoms with van der Waals surface area (Å²) in [4.78, 5) is 4.59. The van der Waals surface area contributed by atoms with Crippen LogP contribution in [0.15, 0.2) is 71.9 Å². The molecule has 0 saturated heterocycles. The summed E-state index contributed by atoms with van der Waals surface area (Å²) in [5.74, 6) is 1.63. The lowest BCUT2D eigenvalue weighted by Gasteiger charge is -2.08. The van der Waals surface area contributed by atoms with E-state index >= 15 is 0 Å². The van der Waals surface area contributed by atoms with Gasteiger partial charge >= 0.3 is 0 Å². The summed E-state index contributed by atoms with van der Waals surface area (Å²) < 4.78 is 12.9. The number of aromatic nitrogens is 1. The van der Waals surface area contributed by atoms with Gasteiger partial charge in [-0.2, -0.15) is 0 Å². The second-order valence-corrected chi connectivity index (χ2v) is 5.16. The average Bonchev–Trinajstić information content (AvgIpc) is 3.10. The van der Waals surface area contributed by atoms with Crippen molar-refractivity contribution in [2.75, 3.05) is 13.7 Å². The molecule has 0 unspecified atom stereocenters. The van der Waals surface area contributed by atoms with Crippen LogP contribution in [0.5, 0.6) is 11.5 Å². The van der Waals surface area contributed by atoms with E-state index in [4.69, 9.17) is 9.47 Å². The number of hydrogen-bond acceptors (Lipinski definition) is 3. The van der Waals surface area contributed by atoms with Crippen molar-refractivity contribution in [3.05, 3.63) is 72.6 Å². The molecule has 2 aromatic carbocycles. The molecule has 3 rings (SSSR count). The van der Waals surface area contributed by atoms with Crippen molar-refractivity contribution in [3.63, 3.8) is 0 Å². The first kappa shape index (κ1) is 15.9. The van der Waals surface area contributed by atoms with Gasteiger partial charge in [0.1, 0.15) is 17.2 Å². The third-order valence-electron chi connectivity index (χ3n) is 3.63. The van der Waals surface area contributed by atoms with E-state index in [0.717, 1.165) is 28.6 Å². The molecule has 0 bridgehead atoms. The van der Waals surface area contributed by atoms with Crippen LogP contribution in [0.4, 0.5) is 5.69 Å². The summed E-state index contributed by atoms with van der Waals surface area (Å²) in [6.45, 7) is 2.59. The molecule has 4 nitrogen and oxygen atoms in total. The molecule has 0 aliphatic rings. The zero-order valence-electron chi connectivity index (χ0n) is 13.8. The Balaban J connectivity index is 1.88. The summed E-state index contributed by atoms with van der Waals surface area (Å²) in [7, 11) is 1.67. The predicted octanol–water partition coefficient (Wildman–Crippen LogP) is 4.64. The molecule has 0 saturated carbocycles. The normalized spacial score (nSPS) is 10.9. The lowest BCUT2D eigenvalue weighted by Crippen LogP contribution is -1.98. The molecule has 0 aliphatic carbocycles. The first-order chi connectivity index (χ1) is 11.8. The fourth-order valence-electron chi connectivity index (χ4n) is 2.45. The van der Waals surface area contributed by atoms with Gasteiger partial charge in [0.2, 0.25) is 0 Å². The highest BCUT2D eigenvalue weighted by Gasteiger charge is 2.03. The van der Waals surface area contributed by atoms with E-state index in [1.54, 1.807) is 7.11 Å². The van der Waals surface area contributed by atoms with E-state index in [1.807, 2.05) is 80.0 Å². The highest BCUT2D eigenvalue weighted by Crippen LogP contribution is 2.27. The number of aliphatic imine (C=N–C) groups is 1. The second-order valence-electron chi connectivity index (χ2n) is 5.16. The predicted molar refractivity (Wildman–Crippen MR) is 97.2 cm³/mol. The molecule has 1 heterocycles. The molecule has 3 aromatic rings. The molecule has 0 fully saturated rings. The van der Waals surface area contributed by atoms with Crippen LogP contribution in [-0.2, 0) is 0 Å². The van der Waals surface area contributed by atoms with Crippen molar-refractivity contribution in [2.45, 2.75) is 6.92 Å². The Kier molecular flexibility index (Phi) is 4.96. The van der Waals surface area contributed by atoms with Crippen molar-refractivity contribution in [1.29, 1.82) is 0 Å². The number of rotatable bonds is 6. The van der Waals surface area contributed by atoms with Crippen LogP contribution in [0.25, 0.3) is 5.69 Å². The SMILES string of the molecule is CCOc1ccccc1N=Cc1cccn1-c1ccc(OC)cc1. The number of para-hydroxylation sites is 2. The van der Waals surface area contributed by atoms with Crippen molar-refractivity contribution < 1.29 is 9.47 Å². The molecule has 4 heteroatoms. The smallest absolute Gasteiger partial charge is 0.144 e. The quantitative estimate of drug-likeness (QED) is 0.621. The Morgan fingerprint density at radius 1 is 1.00 bits per heavy atom. The number of nitrogens with zero attached hydrogens (tertiary/aromatic N) is 2. The standard InChI is InChI=1S/C20H20N2O2/c1-3-24-20-9-5-4-8-19(20)21-15-17-7-6-14-22(17)16-10-12-18(23-2)13-11-16/h4-15H,3H2,1-2H3. The summed E-state index contributed by atoms with van der Waals surface area (Å²) in [5, 5.41) is 0. The Labute approximate surface area is 142 Å². The summed E-state index contributed by atoms with van der Waals surface area (Å²) in [6.07, 6.45) is 3.86. The van der Waals surface area contributed by atoms with Gasteiger partial charge in [0, 0.05) is 11.9 Å². The zero-order chi connectivity index (χ0) is 16.8. The van der Waals surface area contributed by atoms with Crippen LogP contribution >= 0.6 is 0 Å². The molecular weight excluding hydrogens is 300 g/mol. The Morgan fingerprint density at radius 2 is 1.79 bits per heavy atom. The Morgan fingerprint density at radius 3 is 2.54 bits per heavy atom. The maximum Gasteiger partial charge on any atom is 0.144 e. The van der Waals surface area contributed by atoms with Crippen molar-refractivity contribution >= 4 is 11.9 Å². The first-order valence-electron chi connectivity index (χ1n) is 7.89. The minimum absolute atomic E-state index is 0.620. The van der Waals surface area contributed by atoms with Crippen LogP contribution in [0, 0.1) is 0 Å². The monoisotopic (exact) mass is 320 g/mol. The van der Waals surface area contributed by atoms with Crippen LogP contribution in [0.1, 0.15) is 12.6 Å². The molecule has 0 N–H and O–H groups in total. The number of ether oxygens (including phenoxy) is 2. The van der Waals surface area contributed by atoms with Gasteiger partial charge in [0.15, 0.2) is 0 Å². The Bertz CT molecular complexity index is 820. The van der Waals surface area contributed by atoms with Crippen molar-refractivity contribution in [3.8, 4) is 17.2 Å². The van der Waals surface area contributed by atoms with E-state index < -0.39 is 0 Å². The molecule has 1 aromatic heterocycles. The van der Waals surface area contributed by atoms with Crippen LogP contribution in [-0.4, -0.2) is 24.5 Å². The molecular formula is C20H20N2O2. The molecule has 0 amide bonds. The molecule has 24 heavy (non-hydrogen) atoms. The maximum absolute atomic E-state index is 5.61. The minimum atomic E-state index is 0.620. The van der Waals surface area contributed by atoms with Gasteiger partial charge in [0.05, 0.1) is 25.6 Å². The largest absolute Gasteiger partial charge is 0.497 e. The van der Waals surface area contributed by atoms with Gasteiger partial charge in [-0.15, -0.1) is 0 Å². The van der Waals surface area contributed by atoms with Gasteiger partial charge in [0.25, 0.3) is 0 Å². The van der Waals surface area contributed by atoms with Crippen molar-refractivity contribution in [2.24, 2.45) is 4.99 Å². The minimum Gasteiger partial charge on any atom is -0.497 e. The summed E-state index contributed by atoms with van der Waals surface area (Å²) in [5.41, 5.74) is 2.87. The number of methoxy groups -OCH3 is 1. The van der Waals surface area contributed by atoms with Gasteiger partial charge in [-0.1, -0.05) is 12.1 Å². The Hall–Kier alpha value is -3.01. The third kappa shape index (κ3) is 3.49. The first-order valence-corrected chi connectivity index (χ1v) is 7.89. The van der Waals surface area contributed by atoms with E-state index in [0.29, 0.717) is 6.61 Å². The average molecular weight is 320 g/mol. The highest BCUT2D eigenvalue weighted by molar-refractivity contribution is 5.82. The molecule has 0 atom stereocenters. The van der Waals surface area contributed by atoms with Gasteiger partial charge in [-0.3, -0.25) is 4.99 Å². The third-order valence-corrected chi connectivity index (χ3v) is 3.63. The molecule has 0 aliphatic heterocycles. The lowest BCUT2D eigenvalue weighted by molar-refractivity contribution is 0.341. The van der Waals surface area contributed by atoms with Gasteiger partial charge in [-0.05, 0) is 55.5 Å².